The molecule has 37 heavy (non-hydrogen) atoms. The van der Waals surface area contributed by atoms with Crippen molar-refractivity contribution in [3.05, 3.63) is 112 Å². The molecule has 5 rings (SSSR count). The number of aromatic nitrogens is 1. The van der Waals surface area contributed by atoms with Crippen LogP contribution in [-0.2, 0) is 13.2 Å². The average Bonchev–Trinajstić information content (AvgIpc) is 3.40. The zero-order valence-electron chi connectivity index (χ0n) is 19.9. The number of ether oxygens (including phenoxy) is 2. The molecule has 0 aliphatic carbocycles. The molecule has 3 aromatic carbocycles. The van der Waals surface area contributed by atoms with Crippen LogP contribution in [0.25, 0.3) is 22.1 Å². The number of nitrogens with zero attached hydrogens (tertiary/aromatic N) is 2. The van der Waals surface area contributed by atoms with E-state index in [-0.39, 0.29) is 13.2 Å². The van der Waals surface area contributed by atoms with Crippen molar-refractivity contribution in [2.75, 3.05) is 0 Å². The van der Waals surface area contributed by atoms with Crippen molar-refractivity contribution in [3.8, 4) is 28.7 Å². The first-order chi connectivity index (χ1) is 18.1. The summed E-state index contributed by atoms with van der Waals surface area (Å²) in [7, 11) is 0. The van der Waals surface area contributed by atoms with Gasteiger partial charge in [-0.05, 0) is 59.5 Å². The summed E-state index contributed by atoms with van der Waals surface area (Å²) in [5.41, 5.74) is 6.56. The Kier molecular flexibility index (Phi) is 6.89. The van der Waals surface area contributed by atoms with Gasteiger partial charge in [0.05, 0.1) is 22.4 Å². The molecular formula is C30H21ClN2O4. The minimum absolute atomic E-state index is 0.132. The predicted octanol–water partition coefficient (Wildman–Crippen LogP) is 7.30. The van der Waals surface area contributed by atoms with Gasteiger partial charge in [0.25, 0.3) is 0 Å². The van der Waals surface area contributed by atoms with Crippen LogP contribution < -0.4 is 9.47 Å². The normalized spacial score (nSPS) is 10.7. The number of halogens is 1. The van der Waals surface area contributed by atoms with Crippen molar-refractivity contribution in [1.29, 1.82) is 5.26 Å². The Morgan fingerprint density at radius 2 is 1.89 bits per heavy atom. The summed E-state index contributed by atoms with van der Waals surface area (Å²) < 4.78 is 17.4. The molecule has 0 aliphatic heterocycles. The predicted molar refractivity (Wildman–Crippen MR) is 141 cm³/mol. The third-order valence-electron chi connectivity index (χ3n) is 6.10. The fourth-order valence-electron chi connectivity index (χ4n) is 4.11. The highest BCUT2D eigenvalue weighted by atomic mass is 35.5. The zero-order valence-corrected chi connectivity index (χ0v) is 20.7. The Balaban J connectivity index is 1.36. The Morgan fingerprint density at radius 1 is 1.03 bits per heavy atom. The fraction of sp³-hybridized carbons (Fsp3) is 0.100. The van der Waals surface area contributed by atoms with Gasteiger partial charge in [-0.2, -0.15) is 5.26 Å². The molecule has 0 unspecified atom stereocenters. The second kappa shape index (κ2) is 10.6. The topological polar surface area (TPSA) is 85.4 Å². The zero-order chi connectivity index (χ0) is 25.8. The Bertz CT molecular complexity index is 1650. The lowest BCUT2D eigenvalue weighted by Gasteiger charge is -2.15. The van der Waals surface area contributed by atoms with E-state index in [0.717, 1.165) is 33.2 Å². The second-order valence-electron chi connectivity index (χ2n) is 8.47. The largest absolute Gasteiger partial charge is 0.488 e. The van der Waals surface area contributed by atoms with Crippen molar-refractivity contribution < 1.29 is 18.7 Å². The van der Waals surface area contributed by atoms with E-state index in [9.17, 15) is 4.79 Å². The maximum absolute atomic E-state index is 11.6. The lowest BCUT2D eigenvalue weighted by atomic mass is 9.96. The quantitative estimate of drug-likeness (QED) is 0.204. The van der Waals surface area contributed by atoms with Crippen LogP contribution in [0.2, 0.25) is 5.02 Å². The molecule has 0 bridgehead atoms. The van der Waals surface area contributed by atoms with Gasteiger partial charge < -0.3 is 13.9 Å². The van der Waals surface area contributed by atoms with Crippen molar-refractivity contribution >= 4 is 28.9 Å². The third-order valence-corrected chi connectivity index (χ3v) is 6.40. The molecule has 182 valence electrons. The van der Waals surface area contributed by atoms with E-state index in [1.807, 2.05) is 36.4 Å². The highest BCUT2D eigenvalue weighted by Gasteiger charge is 2.14. The van der Waals surface area contributed by atoms with Gasteiger partial charge in [-0.25, -0.2) is 0 Å². The number of benzene rings is 3. The highest BCUT2D eigenvalue weighted by Crippen LogP contribution is 2.34. The number of furan rings is 1. The summed E-state index contributed by atoms with van der Waals surface area (Å²) in [6.07, 6.45) is 5.44. The number of hydrogen-bond acceptors (Lipinski definition) is 6. The van der Waals surface area contributed by atoms with E-state index in [1.165, 1.54) is 12.3 Å². The second-order valence-corrected chi connectivity index (χ2v) is 8.88. The number of hydrogen-bond donors (Lipinski definition) is 0. The maximum atomic E-state index is 11.6. The van der Waals surface area contributed by atoms with Crippen LogP contribution in [0, 0.1) is 18.3 Å². The Labute approximate surface area is 218 Å². The van der Waals surface area contributed by atoms with Crippen LogP contribution >= 0.6 is 11.6 Å². The average molecular weight is 509 g/mol. The van der Waals surface area contributed by atoms with Crippen LogP contribution in [0.3, 0.4) is 0 Å². The van der Waals surface area contributed by atoms with Gasteiger partial charge in [0.1, 0.15) is 36.4 Å². The SMILES string of the molecule is Cc1c(COc2cc(OCc3cncc(C#N)c3)c(C=O)cc2Cl)cccc1-c1ccc2occc2c1. The van der Waals surface area contributed by atoms with Crippen molar-refractivity contribution in [1.82, 2.24) is 4.98 Å². The van der Waals surface area contributed by atoms with Crippen LogP contribution in [0.4, 0.5) is 0 Å². The summed E-state index contributed by atoms with van der Waals surface area (Å²) in [6, 6.07) is 21.0. The number of aldehydes is 1. The molecule has 0 amide bonds. The van der Waals surface area contributed by atoms with E-state index in [4.69, 9.17) is 30.8 Å². The van der Waals surface area contributed by atoms with Crippen molar-refractivity contribution in [2.45, 2.75) is 20.1 Å². The van der Waals surface area contributed by atoms with Crippen LogP contribution in [0.15, 0.2) is 83.7 Å². The van der Waals surface area contributed by atoms with Crippen LogP contribution in [0.5, 0.6) is 11.5 Å². The highest BCUT2D eigenvalue weighted by molar-refractivity contribution is 6.32. The van der Waals surface area contributed by atoms with Gasteiger partial charge in [-0.3, -0.25) is 9.78 Å². The van der Waals surface area contributed by atoms with Gasteiger partial charge in [-0.15, -0.1) is 0 Å². The lowest BCUT2D eigenvalue weighted by molar-refractivity contribution is 0.111. The number of nitriles is 1. The summed E-state index contributed by atoms with van der Waals surface area (Å²) >= 11 is 6.42. The molecule has 0 spiro atoms. The molecule has 0 saturated heterocycles. The molecule has 0 aliphatic rings. The minimum atomic E-state index is 0.132. The molecule has 2 heterocycles. The summed E-state index contributed by atoms with van der Waals surface area (Å²) in [6.45, 7) is 2.47. The van der Waals surface area contributed by atoms with Gasteiger partial charge in [0, 0.05) is 29.4 Å². The fourth-order valence-corrected chi connectivity index (χ4v) is 4.34. The molecule has 0 fully saturated rings. The molecule has 0 radical (unpaired) electrons. The maximum Gasteiger partial charge on any atom is 0.153 e. The van der Waals surface area contributed by atoms with Crippen LogP contribution in [0.1, 0.15) is 32.6 Å². The first kappa shape index (κ1) is 24.1. The molecule has 0 N–H and O–H groups in total. The van der Waals surface area contributed by atoms with E-state index < -0.39 is 0 Å². The molecule has 0 atom stereocenters. The summed E-state index contributed by atoms with van der Waals surface area (Å²) in [4.78, 5) is 15.7. The smallest absolute Gasteiger partial charge is 0.153 e. The first-order valence-electron chi connectivity index (χ1n) is 11.5. The Morgan fingerprint density at radius 3 is 2.73 bits per heavy atom. The Hall–Kier alpha value is -4.60. The molecule has 2 aromatic heterocycles. The summed E-state index contributed by atoms with van der Waals surface area (Å²) in [5, 5.41) is 10.4. The number of rotatable bonds is 8. The number of fused-ring (bicyclic) bond motifs is 1. The van der Waals surface area contributed by atoms with E-state index in [1.54, 1.807) is 24.6 Å². The minimum Gasteiger partial charge on any atom is -0.488 e. The van der Waals surface area contributed by atoms with E-state index in [0.29, 0.717) is 39.5 Å². The number of pyridine rings is 1. The molecule has 5 aromatic rings. The molecule has 7 heteroatoms. The number of carbonyl (C=O) groups is 1. The molecule has 0 saturated carbocycles. The third kappa shape index (κ3) is 5.18. The monoisotopic (exact) mass is 508 g/mol. The number of carbonyl (C=O) groups excluding carboxylic acids is 1. The van der Waals surface area contributed by atoms with Gasteiger partial charge in [0.2, 0.25) is 0 Å². The van der Waals surface area contributed by atoms with Gasteiger partial charge >= 0.3 is 0 Å². The van der Waals surface area contributed by atoms with Crippen molar-refractivity contribution in [2.24, 2.45) is 0 Å². The van der Waals surface area contributed by atoms with Gasteiger partial charge in [0.15, 0.2) is 6.29 Å². The molecule has 6 nitrogen and oxygen atoms in total. The lowest BCUT2D eigenvalue weighted by Crippen LogP contribution is -2.03. The van der Waals surface area contributed by atoms with E-state index >= 15 is 0 Å². The van der Waals surface area contributed by atoms with E-state index in [2.05, 4.69) is 24.0 Å². The van der Waals surface area contributed by atoms with Crippen molar-refractivity contribution in [3.63, 3.8) is 0 Å². The molecular weight excluding hydrogens is 488 g/mol. The standard InChI is InChI=1S/C30H21ClN2O4/c1-19-24(3-2-4-26(19)22-5-6-28-23(10-22)7-8-35-28)18-37-30-12-29(25(16-34)11-27(30)31)36-17-21-9-20(13-32)14-33-15-21/h2-12,14-16H,17-18H2,1H3. The van der Waals surface area contributed by atoms with Gasteiger partial charge in [-0.1, -0.05) is 35.9 Å². The first-order valence-corrected chi connectivity index (χ1v) is 11.9. The van der Waals surface area contributed by atoms with Crippen LogP contribution in [-0.4, -0.2) is 11.3 Å². The summed E-state index contributed by atoms with van der Waals surface area (Å²) in [5.74, 6) is 0.728.